The molecule has 0 aliphatic heterocycles. The Morgan fingerprint density at radius 2 is 2.10 bits per heavy atom. The molecule has 21 heavy (non-hydrogen) atoms. The van der Waals surface area contributed by atoms with Crippen LogP contribution in [0.25, 0.3) is 0 Å². The highest BCUT2D eigenvalue weighted by Crippen LogP contribution is 2.32. The van der Waals surface area contributed by atoms with Gasteiger partial charge in [0.2, 0.25) is 5.89 Å². The molecule has 1 N–H and O–H groups in total. The number of hydrogen-bond donors (Lipinski definition) is 1. The summed E-state index contributed by atoms with van der Waals surface area (Å²) in [4.78, 5) is 5.27. The summed E-state index contributed by atoms with van der Waals surface area (Å²) in [5.74, 6) is 1.87. The van der Waals surface area contributed by atoms with E-state index in [2.05, 4.69) is 10.1 Å². The van der Waals surface area contributed by atoms with Crippen molar-refractivity contribution in [1.29, 1.82) is 0 Å². The Morgan fingerprint density at radius 1 is 1.29 bits per heavy atom. The van der Waals surface area contributed by atoms with Crippen LogP contribution in [0.3, 0.4) is 0 Å². The average molecular weight is 308 g/mol. The molecule has 1 aromatic carbocycles. The molecule has 1 heterocycles. The lowest BCUT2D eigenvalue weighted by atomic mass is 9.87. The molecule has 0 saturated heterocycles. The SMILES string of the molecule is OC1CCC(c2nc(CSc3cccc(F)c3)no2)CC1. The van der Waals surface area contributed by atoms with Gasteiger partial charge in [-0.3, -0.25) is 0 Å². The van der Waals surface area contributed by atoms with E-state index in [9.17, 15) is 9.50 Å². The lowest BCUT2D eigenvalue weighted by molar-refractivity contribution is 0.116. The van der Waals surface area contributed by atoms with Gasteiger partial charge in [-0.05, 0) is 43.9 Å². The zero-order valence-corrected chi connectivity index (χ0v) is 12.4. The van der Waals surface area contributed by atoms with Gasteiger partial charge in [-0.25, -0.2) is 4.39 Å². The Morgan fingerprint density at radius 3 is 2.86 bits per heavy atom. The van der Waals surface area contributed by atoms with Crippen LogP contribution in [0, 0.1) is 5.82 Å². The first-order valence-electron chi connectivity index (χ1n) is 7.09. The fraction of sp³-hybridized carbons (Fsp3) is 0.467. The molecular formula is C15H17FN2O2S. The number of hydrogen-bond acceptors (Lipinski definition) is 5. The smallest absolute Gasteiger partial charge is 0.229 e. The molecule has 6 heteroatoms. The summed E-state index contributed by atoms with van der Waals surface area (Å²) in [6.07, 6.45) is 3.17. The fourth-order valence-corrected chi connectivity index (χ4v) is 3.30. The molecule has 0 atom stereocenters. The number of benzene rings is 1. The number of aromatic nitrogens is 2. The normalized spacial score (nSPS) is 22.4. The van der Waals surface area contributed by atoms with E-state index >= 15 is 0 Å². The Labute approximate surface area is 126 Å². The van der Waals surface area contributed by atoms with Crippen LogP contribution in [0.5, 0.6) is 0 Å². The molecule has 0 bridgehead atoms. The lowest BCUT2D eigenvalue weighted by Gasteiger charge is -2.22. The van der Waals surface area contributed by atoms with Crippen LogP contribution in [0.15, 0.2) is 33.7 Å². The fourth-order valence-electron chi connectivity index (χ4n) is 2.52. The second-order valence-electron chi connectivity index (χ2n) is 5.30. The number of halogens is 1. The van der Waals surface area contributed by atoms with Gasteiger partial charge in [0.15, 0.2) is 5.82 Å². The summed E-state index contributed by atoms with van der Waals surface area (Å²) in [5.41, 5.74) is 0. The predicted molar refractivity (Wildman–Crippen MR) is 77.5 cm³/mol. The highest BCUT2D eigenvalue weighted by atomic mass is 32.2. The van der Waals surface area contributed by atoms with Crippen LogP contribution in [-0.4, -0.2) is 21.4 Å². The number of nitrogens with zero attached hydrogens (tertiary/aromatic N) is 2. The molecule has 0 unspecified atom stereocenters. The standard InChI is InChI=1S/C15H17FN2O2S/c16-11-2-1-3-13(8-11)21-9-14-17-15(20-18-14)10-4-6-12(19)7-5-10/h1-3,8,10,12,19H,4-7,9H2. The summed E-state index contributed by atoms with van der Waals surface area (Å²) in [5, 5.41) is 13.5. The van der Waals surface area contributed by atoms with Crippen molar-refractivity contribution in [2.24, 2.45) is 0 Å². The maximum atomic E-state index is 13.1. The number of aliphatic hydroxyl groups is 1. The molecule has 1 saturated carbocycles. The van der Waals surface area contributed by atoms with Crippen LogP contribution >= 0.6 is 11.8 Å². The minimum atomic E-state index is -0.241. The molecule has 0 spiro atoms. The molecule has 0 amide bonds. The van der Waals surface area contributed by atoms with E-state index in [0.717, 1.165) is 30.6 Å². The Bertz CT molecular complexity index is 597. The molecule has 112 valence electrons. The van der Waals surface area contributed by atoms with Crippen molar-refractivity contribution < 1.29 is 14.0 Å². The maximum absolute atomic E-state index is 13.1. The molecule has 1 aromatic heterocycles. The van der Waals surface area contributed by atoms with Gasteiger partial charge in [0.25, 0.3) is 0 Å². The molecule has 1 aliphatic rings. The van der Waals surface area contributed by atoms with Gasteiger partial charge in [-0.15, -0.1) is 11.8 Å². The third kappa shape index (κ3) is 3.83. The Hall–Kier alpha value is -1.40. The molecule has 4 nitrogen and oxygen atoms in total. The van der Waals surface area contributed by atoms with Crippen LogP contribution in [0.2, 0.25) is 0 Å². The van der Waals surface area contributed by atoms with Crippen molar-refractivity contribution in [1.82, 2.24) is 10.1 Å². The second kappa shape index (κ2) is 6.58. The highest BCUT2D eigenvalue weighted by molar-refractivity contribution is 7.98. The Kier molecular flexibility index (Phi) is 4.55. The number of aliphatic hydroxyl groups excluding tert-OH is 1. The van der Waals surface area contributed by atoms with Gasteiger partial charge in [0.1, 0.15) is 5.82 Å². The van der Waals surface area contributed by atoms with E-state index in [1.807, 2.05) is 6.07 Å². The number of thioether (sulfide) groups is 1. The summed E-state index contributed by atoms with van der Waals surface area (Å²) in [7, 11) is 0. The second-order valence-corrected chi connectivity index (χ2v) is 6.35. The summed E-state index contributed by atoms with van der Waals surface area (Å²) in [6, 6.07) is 6.46. The summed E-state index contributed by atoms with van der Waals surface area (Å²) < 4.78 is 18.4. The van der Waals surface area contributed by atoms with Crippen LogP contribution in [0.4, 0.5) is 4.39 Å². The zero-order valence-electron chi connectivity index (χ0n) is 11.5. The van der Waals surface area contributed by atoms with Crippen LogP contribution in [-0.2, 0) is 5.75 Å². The van der Waals surface area contributed by atoms with E-state index < -0.39 is 0 Å². The largest absolute Gasteiger partial charge is 0.393 e. The van der Waals surface area contributed by atoms with E-state index in [-0.39, 0.29) is 17.8 Å². The number of rotatable bonds is 4. The first kappa shape index (κ1) is 14.5. The highest BCUT2D eigenvalue weighted by Gasteiger charge is 2.25. The molecule has 0 radical (unpaired) electrons. The third-order valence-corrected chi connectivity index (χ3v) is 4.68. The van der Waals surface area contributed by atoms with E-state index in [1.54, 1.807) is 6.07 Å². The minimum Gasteiger partial charge on any atom is -0.393 e. The zero-order chi connectivity index (χ0) is 14.7. The van der Waals surface area contributed by atoms with Gasteiger partial charge >= 0.3 is 0 Å². The van der Waals surface area contributed by atoms with Crippen molar-refractivity contribution in [3.63, 3.8) is 0 Å². The van der Waals surface area contributed by atoms with Gasteiger partial charge in [-0.2, -0.15) is 4.98 Å². The molecular weight excluding hydrogens is 291 g/mol. The van der Waals surface area contributed by atoms with Crippen LogP contribution in [0.1, 0.15) is 43.3 Å². The van der Waals surface area contributed by atoms with Crippen molar-refractivity contribution in [2.45, 2.75) is 48.4 Å². The topological polar surface area (TPSA) is 59.2 Å². The van der Waals surface area contributed by atoms with Gasteiger partial charge in [-0.1, -0.05) is 11.2 Å². The van der Waals surface area contributed by atoms with Crippen molar-refractivity contribution >= 4 is 11.8 Å². The van der Waals surface area contributed by atoms with Gasteiger partial charge in [0.05, 0.1) is 11.9 Å². The van der Waals surface area contributed by atoms with E-state index in [1.165, 1.54) is 23.9 Å². The van der Waals surface area contributed by atoms with Crippen molar-refractivity contribution in [3.05, 3.63) is 41.8 Å². The van der Waals surface area contributed by atoms with Crippen molar-refractivity contribution in [3.8, 4) is 0 Å². The molecule has 3 rings (SSSR count). The molecule has 1 aliphatic carbocycles. The summed E-state index contributed by atoms with van der Waals surface area (Å²) >= 11 is 1.48. The molecule has 2 aromatic rings. The van der Waals surface area contributed by atoms with E-state index in [0.29, 0.717) is 17.5 Å². The minimum absolute atomic E-state index is 0.188. The van der Waals surface area contributed by atoms with Gasteiger partial charge in [0, 0.05) is 10.8 Å². The average Bonchev–Trinajstić information content (AvgIpc) is 2.95. The van der Waals surface area contributed by atoms with E-state index in [4.69, 9.17) is 4.52 Å². The summed E-state index contributed by atoms with van der Waals surface area (Å²) in [6.45, 7) is 0. The quantitative estimate of drug-likeness (QED) is 0.876. The third-order valence-electron chi connectivity index (χ3n) is 3.69. The lowest BCUT2D eigenvalue weighted by Crippen LogP contribution is -2.17. The maximum Gasteiger partial charge on any atom is 0.229 e. The first-order chi connectivity index (χ1) is 10.2. The predicted octanol–water partition coefficient (Wildman–Crippen LogP) is 3.52. The Balaban J connectivity index is 1.58. The first-order valence-corrected chi connectivity index (χ1v) is 8.08. The van der Waals surface area contributed by atoms with Crippen molar-refractivity contribution in [2.75, 3.05) is 0 Å². The molecule has 1 fully saturated rings. The monoisotopic (exact) mass is 308 g/mol. The van der Waals surface area contributed by atoms with Crippen LogP contribution < -0.4 is 0 Å². The van der Waals surface area contributed by atoms with Gasteiger partial charge < -0.3 is 9.63 Å².